The van der Waals surface area contributed by atoms with Crippen molar-refractivity contribution in [2.45, 2.75) is 38.8 Å². The van der Waals surface area contributed by atoms with Crippen molar-refractivity contribution in [1.29, 1.82) is 0 Å². The number of phenolic OH excluding ortho intramolecular Hbond substituents is 1. The van der Waals surface area contributed by atoms with Gasteiger partial charge in [-0.25, -0.2) is 0 Å². The number of carbonyl (C=O) groups excluding carboxylic acids is 1. The lowest BCUT2D eigenvalue weighted by Gasteiger charge is -2.34. The van der Waals surface area contributed by atoms with Crippen LogP contribution >= 0.6 is 0 Å². The van der Waals surface area contributed by atoms with E-state index >= 15 is 0 Å². The number of piperidine rings is 1. The summed E-state index contributed by atoms with van der Waals surface area (Å²) >= 11 is 0. The van der Waals surface area contributed by atoms with Gasteiger partial charge in [-0.05, 0) is 61.7 Å². The molecule has 24 heavy (non-hydrogen) atoms. The molecule has 1 saturated heterocycles. The molecule has 1 fully saturated rings. The number of nitrogens with zero attached hydrogens (tertiary/aromatic N) is 2. The predicted octanol–water partition coefficient (Wildman–Crippen LogP) is 3.09. The van der Waals surface area contributed by atoms with Gasteiger partial charge in [0.15, 0.2) is 0 Å². The van der Waals surface area contributed by atoms with Crippen LogP contribution in [0.1, 0.15) is 30.4 Å². The summed E-state index contributed by atoms with van der Waals surface area (Å²) in [4.78, 5) is 19.0. The zero-order valence-corrected chi connectivity index (χ0v) is 13.9. The molecule has 0 unspecified atom stereocenters. The van der Waals surface area contributed by atoms with Crippen LogP contribution in [0.15, 0.2) is 42.7 Å². The van der Waals surface area contributed by atoms with E-state index in [2.05, 4.69) is 15.2 Å². The Bertz CT molecular complexity index is 703. The number of aromatic nitrogens is 1. The van der Waals surface area contributed by atoms with Crippen molar-refractivity contribution in [1.82, 2.24) is 9.88 Å². The summed E-state index contributed by atoms with van der Waals surface area (Å²) in [5.41, 5.74) is 2.64. The van der Waals surface area contributed by atoms with Crippen molar-refractivity contribution < 1.29 is 9.90 Å². The molecule has 3 rings (SSSR count). The van der Waals surface area contributed by atoms with E-state index in [-0.39, 0.29) is 17.7 Å². The summed E-state index contributed by atoms with van der Waals surface area (Å²) in [6.07, 6.45) is 6.54. The number of anilines is 1. The van der Waals surface area contributed by atoms with Crippen LogP contribution in [0.4, 0.5) is 5.69 Å². The second-order valence-electron chi connectivity index (χ2n) is 6.35. The highest BCUT2D eigenvalue weighted by molar-refractivity contribution is 5.96. The van der Waals surface area contributed by atoms with Crippen LogP contribution in [0, 0.1) is 6.92 Å². The number of nitrogens with one attached hydrogen (secondary N) is 1. The lowest BCUT2D eigenvalue weighted by atomic mass is 10.0. The molecule has 1 atom stereocenters. The third kappa shape index (κ3) is 3.92. The smallest absolute Gasteiger partial charge is 0.241 e. The highest BCUT2D eigenvalue weighted by Gasteiger charge is 2.29. The lowest BCUT2D eigenvalue weighted by molar-refractivity contribution is -0.122. The van der Waals surface area contributed by atoms with Crippen molar-refractivity contribution in [3.05, 3.63) is 53.9 Å². The molecule has 2 N–H and O–H groups in total. The highest BCUT2D eigenvalue weighted by Crippen LogP contribution is 2.26. The van der Waals surface area contributed by atoms with Crippen molar-refractivity contribution in [2.24, 2.45) is 0 Å². The van der Waals surface area contributed by atoms with Crippen LogP contribution in [-0.2, 0) is 11.3 Å². The molecule has 1 amide bonds. The van der Waals surface area contributed by atoms with E-state index in [9.17, 15) is 9.90 Å². The number of likely N-dealkylation sites (tertiary alicyclic amines) is 1. The van der Waals surface area contributed by atoms with E-state index in [4.69, 9.17) is 0 Å². The predicted molar refractivity (Wildman–Crippen MR) is 93.8 cm³/mol. The zero-order valence-electron chi connectivity index (χ0n) is 13.9. The fraction of sp³-hybridized carbons (Fsp3) is 0.368. The van der Waals surface area contributed by atoms with E-state index in [1.54, 1.807) is 24.5 Å². The molecular weight excluding hydrogens is 302 g/mol. The Hall–Kier alpha value is -2.40. The Kier molecular flexibility index (Phi) is 5.11. The number of aryl methyl sites for hydroxylation is 1. The van der Waals surface area contributed by atoms with Gasteiger partial charge in [0.25, 0.3) is 0 Å². The van der Waals surface area contributed by atoms with Gasteiger partial charge in [-0.2, -0.15) is 0 Å². The van der Waals surface area contributed by atoms with Gasteiger partial charge in [0.05, 0.1) is 11.7 Å². The summed E-state index contributed by atoms with van der Waals surface area (Å²) in [6, 6.07) is 9.02. The molecule has 5 nitrogen and oxygen atoms in total. The molecule has 1 aliphatic heterocycles. The standard InChI is InChI=1S/C19H23N3O2/c1-14-5-6-18(23)16(12-14)21-19(24)17-4-2-3-11-22(17)13-15-7-9-20-10-8-15/h5-10,12,17,23H,2-4,11,13H2,1H3,(H,21,24)/t17-/m1/s1. The quantitative estimate of drug-likeness (QED) is 0.848. The molecule has 2 aromatic rings. The molecular formula is C19H23N3O2. The number of aromatic hydroxyl groups is 1. The summed E-state index contributed by atoms with van der Waals surface area (Å²) in [5.74, 6) is 0.0510. The van der Waals surface area contributed by atoms with E-state index in [0.717, 1.165) is 43.5 Å². The minimum atomic E-state index is -0.174. The van der Waals surface area contributed by atoms with Gasteiger partial charge < -0.3 is 10.4 Å². The van der Waals surface area contributed by atoms with E-state index in [0.29, 0.717) is 5.69 Å². The number of hydrogen-bond donors (Lipinski definition) is 2. The molecule has 0 aliphatic carbocycles. The summed E-state index contributed by atoms with van der Waals surface area (Å²) in [6.45, 7) is 3.58. The zero-order chi connectivity index (χ0) is 16.9. The molecule has 126 valence electrons. The molecule has 0 saturated carbocycles. The van der Waals surface area contributed by atoms with E-state index in [1.807, 2.05) is 25.1 Å². The van der Waals surface area contributed by atoms with Gasteiger partial charge in [-0.3, -0.25) is 14.7 Å². The first-order valence-corrected chi connectivity index (χ1v) is 8.37. The Labute approximate surface area is 142 Å². The minimum absolute atomic E-state index is 0.0512. The fourth-order valence-electron chi connectivity index (χ4n) is 3.17. The van der Waals surface area contributed by atoms with E-state index < -0.39 is 0 Å². The first-order chi connectivity index (χ1) is 11.6. The second-order valence-corrected chi connectivity index (χ2v) is 6.35. The van der Waals surface area contributed by atoms with Gasteiger partial charge in [0, 0.05) is 18.9 Å². The van der Waals surface area contributed by atoms with Crippen LogP contribution < -0.4 is 5.32 Å². The molecule has 2 heterocycles. The van der Waals surface area contributed by atoms with Crippen LogP contribution in [0.5, 0.6) is 5.75 Å². The van der Waals surface area contributed by atoms with Gasteiger partial charge in [-0.15, -0.1) is 0 Å². The summed E-state index contributed by atoms with van der Waals surface area (Å²) < 4.78 is 0. The Morgan fingerprint density at radius 1 is 1.29 bits per heavy atom. The Balaban J connectivity index is 1.72. The summed E-state index contributed by atoms with van der Waals surface area (Å²) in [5, 5.41) is 12.8. The third-order valence-electron chi connectivity index (χ3n) is 4.46. The number of benzene rings is 1. The van der Waals surface area contributed by atoms with Gasteiger partial charge in [0.2, 0.25) is 5.91 Å². The van der Waals surface area contributed by atoms with Crippen LogP contribution in [0.25, 0.3) is 0 Å². The summed E-state index contributed by atoms with van der Waals surface area (Å²) in [7, 11) is 0. The molecule has 1 aliphatic rings. The van der Waals surface area contributed by atoms with Crippen molar-refractivity contribution in [3.8, 4) is 5.75 Å². The normalized spacial score (nSPS) is 18.3. The fourth-order valence-corrected chi connectivity index (χ4v) is 3.17. The Morgan fingerprint density at radius 3 is 2.88 bits per heavy atom. The van der Waals surface area contributed by atoms with Crippen LogP contribution in [0.3, 0.4) is 0 Å². The van der Waals surface area contributed by atoms with E-state index in [1.165, 1.54) is 0 Å². The topological polar surface area (TPSA) is 65.5 Å². The van der Waals surface area contributed by atoms with Crippen LogP contribution in [0.2, 0.25) is 0 Å². The first kappa shape index (κ1) is 16.5. The highest BCUT2D eigenvalue weighted by atomic mass is 16.3. The number of amides is 1. The maximum atomic E-state index is 12.8. The Morgan fingerprint density at radius 2 is 2.08 bits per heavy atom. The second kappa shape index (κ2) is 7.45. The monoisotopic (exact) mass is 325 g/mol. The first-order valence-electron chi connectivity index (χ1n) is 8.37. The maximum Gasteiger partial charge on any atom is 0.241 e. The average Bonchev–Trinajstić information content (AvgIpc) is 2.59. The van der Waals surface area contributed by atoms with Crippen molar-refractivity contribution in [2.75, 3.05) is 11.9 Å². The molecule has 1 aromatic carbocycles. The average molecular weight is 325 g/mol. The minimum Gasteiger partial charge on any atom is -0.506 e. The molecule has 0 spiro atoms. The molecule has 0 radical (unpaired) electrons. The third-order valence-corrected chi connectivity index (χ3v) is 4.46. The number of phenols is 1. The van der Waals surface area contributed by atoms with Crippen molar-refractivity contribution >= 4 is 11.6 Å². The molecule has 5 heteroatoms. The van der Waals surface area contributed by atoms with Gasteiger partial charge in [-0.1, -0.05) is 12.5 Å². The van der Waals surface area contributed by atoms with Gasteiger partial charge >= 0.3 is 0 Å². The SMILES string of the molecule is Cc1ccc(O)c(NC(=O)[C@H]2CCCCN2Cc2ccncc2)c1. The lowest BCUT2D eigenvalue weighted by Crippen LogP contribution is -2.46. The largest absolute Gasteiger partial charge is 0.506 e. The maximum absolute atomic E-state index is 12.8. The molecule has 0 bridgehead atoms. The number of hydrogen-bond acceptors (Lipinski definition) is 4. The van der Waals surface area contributed by atoms with Crippen molar-refractivity contribution in [3.63, 3.8) is 0 Å². The number of carbonyl (C=O) groups is 1. The number of rotatable bonds is 4. The van der Waals surface area contributed by atoms with Crippen LogP contribution in [-0.4, -0.2) is 33.5 Å². The van der Waals surface area contributed by atoms with Gasteiger partial charge in [0.1, 0.15) is 5.75 Å². The molecule has 1 aromatic heterocycles. The number of pyridine rings is 1.